The molecular formula is C15H15FN2O2. The Morgan fingerprint density at radius 1 is 1.10 bits per heavy atom. The normalized spacial score (nSPS) is 14.5. The minimum atomic E-state index is -0.521. The van der Waals surface area contributed by atoms with Gasteiger partial charge in [-0.05, 0) is 25.0 Å². The summed E-state index contributed by atoms with van der Waals surface area (Å²) >= 11 is 0. The summed E-state index contributed by atoms with van der Waals surface area (Å²) in [5.74, 6) is 3.95. The number of halogens is 1. The van der Waals surface area contributed by atoms with Gasteiger partial charge in [-0.15, -0.1) is 0 Å². The SMILES string of the molecule is CC#CC(=O)N1CCN(C(=O)c2ccccc2F)CC1. The maximum Gasteiger partial charge on any atom is 0.298 e. The van der Waals surface area contributed by atoms with E-state index >= 15 is 0 Å². The lowest BCUT2D eigenvalue weighted by Gasteiger charge is -2.33. The zero-order chi connectivity index (χ0) is 14.5. The Morgan fingerprint density at radius 3 is 2.30 bits per heavy atom. The van der Waals surface area contributed by atoms with Crippen LogP contribution in [0.2, 0.25) is 0 Å². The van der Waals surface area contributed by atoms with Crippen LogP contribution in [0.5, 0.6) is 0 Å². The van der Waals surface area contributed by atoms with Gasteiger partial charge in [-0.25, -0.2) is 4.39 Å². The number of benzene rings is 1. The van der Waals surface area contributed by atoms with E-state index in [9.17, 15) is 14.0 Å². The molecule has 0 aromatic heterocycles. The van der Waals surface area contributed by atoms with Gasteiger partial charge >= 0.3 is 0 Å². The molecule has 1 aromatic rings. The van der Waals surface area contributed by atoms with Crippen LogP contribution in [-0.2, 0) is 4.79 Å². The Morgan fingerprint density at radius 2 is 1.70 bits per heavy atom. The van der Waals surface area contributed by atoms with Gasteiger partial charge in [-0.1, -0.05) is 18.1 Å². The average molecular weight is 274 g/mol. The van der Waals surface area contributed by atoms with Crippen molar-refractivity contribution in [2.24, 2.45) is 0 Å². The molecule has 1 saturated heterocycles. The Hall–Kier alpha value is -2.35. The van der Waals surface area contributed by atoms with Crippen molar-refractivity contribution < 1.29 is 14.0 Å². The van der Waals surface area contributed by atoms with Crippen LogP contribution in [0.25, 0.3) is 0 Å². The van der Waals surface area contributed by atoms with Gasteiger partial charge in [0.1, 0.15) is 5.82 Å². The van der Waals surface area contributed by atoms with Crippen LogP contribution in [0, 0.1) is 17.7 Å². The van der Waals surface area contributed by atoms with Crippen LogP contribution >= 0.6 is 0 Å². The van der Waals surface area contributed by atoms with Crippen molar-refractivity contribution >= 4 is 11.8 Å². The fraction of sp³-hybridized carbons (Fsp3) is 0.333. The third-order valence-corrected chi connectivity index (χ3v) is 3.19. The number of hydrogen-bond acceptors (Lipinski definition) is 2. The highest BCUT2D eigenvalue weighted by Crippen LogP contribution is 2.12. The maximum atomic E-state index is 13.6. The van der Waals surface area contributed by atoms with E-state index in [1.165, 1.54) is 12.1 Å². The second kappa shape index (κ2) is 6.20. The third-order valence-electron chi connectivity index (χ3n) is 3.19. The molecule has 0 aliphatic carbocycles. The molecule has 0 saturated carbocycles. The highest BCUT2D eigenvalue weighted by Gasteiger charge is 2.25. The van der Waals surface area contributed by atoms with E-state index < -0.39 is 5.82 Å². The minimum absolute atomic E-state index is 0.0700. The number of carbonyl (C=O) groups excluding carboxylic acids is 2. The number of rotatable bonds is 1. The van der Waals surface area contributed by atoms with Crippen molar-refractivity contribution in [3.8, 4) is 11.8 Å². The maximum absolute atomic E-state index is 13.6. The molecule has 1 fully saturated rings. The van der Waals surface area contributed by atoms with E-state index in [1.807, 2.05) is 0 Å². The summed E-state index contributed by atoms with van der Waals surface area (Å²) < 4.78 is 13.6. The molecule has 2 amide bonds. The molecule has 1 aliphatic rings. The monoisotopic (exact) mass is 274 g/mol. The van der Waals surface area contributed by atoms with Crippen LogP contribution in [0.4, 0.5) is 4.39 Å². The van der Waals surface area contributed by atoms with Crippen molar-refractivity contribution in [1.29, 1.82) is 0 Å². The van der Waals surface area contributed by atoms with E-state index in [1.54, 1.807) is 28.9 Å². The highest BCUT2D eigenvalue weighted by molar-refractivity contribution is 5.95. The molecule has 0 atom stereocenters. The second-order valence-corrected chi connectivity index (χ2v) is 4.44. The molecular weight excluding hydrogens is 259 g/mol. The van der Waals surface area contributed by atoms with Crippen LogP contribution < -0.4 is 0 Å². The largest absolute Gasteiger partial charge is 0.335 e. The van der Waals surface area contributed by atoms with Gasteiger partial charge in [0.25, 0.3) is 11.8 Å². The summed E-state index contributed by atoms with van der Waals surface area (Å²) in [5.41, 5.74) is 0.0700. The number of carbonyl (C=O) groups is 2. The Labute approximate surface area is 117 Å². The Bertz CT molecular complexity index is 581. The van der Waals surface area contributed by atoms with Gasteiger partial charge in [0.15, 0.2) is 0 Å². The number of nitrogens with zero attached hydrogens (tertiary/aromatic N) is 2. The summed E-state index contributed by atoms with van der Waals surface area (Å²) in [5, 5.41) is 0. The van der Waals surface area contributed by atoms with Crippen LogP contribution in [0.1, 0.15) is 17.3 Å². The van der Waals surface area contributed by atoms with Gasteiger partial charge in [-0.3, -0.25) is 9.59 Å². The lowest BCUT2D eigenvalue weighted by atomic mass is 10.1. The predicted octanol–water partition coefficient (Wildman–Crippen LogP) is 1.13. The van der Waals surface area contributed by atoms with E-state index in [-0.39, 0.29) is 17.4 Å². The molecule has 1 heterocycles. The van der Waals surface area contributed by atoms with Gasteiger partial charge in [0, 0.05) is 26.2 Å². The van der Waals surface area contributed by atoms with Crippen LogP contribution in [0.15, 0.2) is 24.3 Å². The van der Waals surface area contributed by atoms with Gasteiger partial charge < -0.3 is 9.80 Å². The topological polar surface area (TPSA) is 40.6 Å². The molecule has 5 heteroatoms. The standard InChI is InChI=1S/C15H15FN2O2/c1-2-5-14(19)17-8-10-18(11-9-17)15(20)12-6-3-4-7-13(12)16/h3-4,6-7H,8-11H2,1H3. The molecule has 0 unspecified atom stereocenters. The van der Waals surface area contributed by atoms with E-state index in [4.69, 9.17) is 0 Å². The molecule has 0 spiro atoms. The van der Waals surface area contributed by atoms with Crippen molar-refractivity contribution in [3.63, 3.8) is 0 Å². The molecule has 0 bridgehead atoms. The molecule has 0 radical (unpaired) electrons. The number of piperazine rings is 1. The number of hydrogen-bond donors (Lipinski definition) is 0. The first-order chi connectivity index (χ1) is 9.63. The summed E-state index contributed by atoms with van der Waals surface area (Å²) in [6.45, 7) is 3.24. The van der Waals surface area contributed by atoms with Gasteiger partial charge in [-0.2, -0.15) is 0 Å². The van der Waals surface area contributed by atoms with Gasteiger partial charge in [0.05, 0.1) is 5.56 Å². The number of amides is 2. The zero-order valence-electron chi connectivity index (χ0n) is 11.2. The summed E-state index contributed by atoms with van der Waals surface area (Å²) in [6, 6.07) is 5.92. The molecule has 4 nitrogen and oxygen atoms in total. The Balaban J connectivity index is 2.00. The van der Waals surface area contributed by atoms with E-state index in [2.05, 4.69) is 11.8 Å². The highest BCUT2D eigenvalue weighted by atomic mass is 19.1. The fourth-order valence-electron chi connectivity index (χ4n) is 2.10. The summed E-state index contributed by atoms with van der Waals surface area (Å²) in [7, 11) is 0. The predicted molar refractivity (Wildman–Crippen MR) is 72.3 cm³/mol. The van der Waals surface area contributed by atoms with Crippen molar-refractivity contribution in [2.45, 2.75) is 6.92 Å². The third kappa shape index (κ3) is 2.97. The van der Waals surface area contributed by atoms with E-state index in [0.717, 1.165) is 0 Å². The summed E-state index contributed by atoms with van der Waals surface area (Å²) in [4.78, 5) is 26.9. The smallest absolute Gasteiger partial charge is 0.298 e. The van der Waals surface area contributed by atoms with Crippen molar-refractivity contribution in [2.75, 3.05) is 26.2 Å². The van der Waals surface area contributed by atoms with Crippen molar-refractivity contribution in [1.82, 2.24) is 9.80 Å². The van der Waals surface area contributed by atoms with Crippen molar-refractivity contribution in [3.05, 3.63) is 35.6 Å². The minimum Gasteiger partial charge on any atom is -0.335 e. The second-order valence-electron chi connectivity index (χ2n) is 4.44. The molecule has 0 N–H and O–H groups in total. The molecule has 2 rings (SSSR count). The molecule has 20 heavy (non-hydrogen) atoms. The quantitative estimate of drug-likeness (QED) is 0.720. The molecule has 104 valence electrons. The lowest BCUT2D eigenvalue weighted by molar-refractivity contribution is -0.126. The summed E-state index contributed by atoms with van der Waals surface area (Å²) in [6.07, 6.45) is 0. The van der Waals surface area contributed by atoms with E-state index in [0.29, 0.717) is 26.2 Å². The average Bonchev–Trinajstić information content (AvgIpc) is 2.47. The first-order valence-electron chi connectivity index (χ1n) is 6.39. The lowest BCUT2D eigenvalue weighted by Crippen LogP contribution is -2.50. The molecule has 1 aliphatic heterocycles. The fourth-order valence-corrected chi connectivity index (χ4v) is 2.10. The zero-order valence-corrected chi connectivity index (χ0v) is 11.2. The van der Waals surface area contributed by atoms with Gasteiger partial charge in [0.2, 0.25) is 0 Å². The first-order valence-corrected chi connectivity index (χ1v) is 6.39. The van der Waals surface area contributed by atoms with Crippen LogP contribution in [-0.4, -0.2) is 47.8 Å². The Kier molecular flexibility index (Phi) is 4.36. The first kappa shape index (κ1) is 14.1. The molecule has 1 aromatic carbocycles. The van der Waals surface area contributed by atoms with Crippen LogP contribution in [0.3, 0.4) is 0 Å².